The molecule has 1 heterocycles. The van der Waals surface area contributed by atoms with E-state index in [4.69, 9.17) is 16.3 Å². The first-order valence-corrected chi connectivity index (χ1v) is 5.78. The van der Waals surface area contributed by atoms with Crippen LogP contribution >= 0.6 is 27.5 Å². The summed E-state index contributed by atoms with van der Waals surface area (Å²) in [6.07, 6.45) is 0. The number of hydrogen-bond acceptors (Lipinski definition) is 3. The van der Waals surface area contributed by atoms with Gasteiger partial charge in [0.2, 0.25) is 0 Å². The van der Waals surface area contributed by atoms with Crippen molar-refractivity contribution in [2.24, 2.45) is 4.99 Å². The van der Waals surface area contributed by atoms with Crippen LogP contribution in [0, 0.1) is 0 Å². The maximum absolute atomic E-state index is 5.94. The van der Waals surface area contributed by atoms with Gasteiger partial charge in [0.1, 0.15) is 18.2 Å². The summed E-state index contributed by atoms with van der Waals surface area (Å²) < 4.78 is 6.40. The van der Waals surface area contributed by atoms with E-state index in [2.05, 4.69) is 26.2 Å². The summed E-state index contributed by atoms with van der Waals surface area (Å²) in [6, 6.07) is 5.51. The van der Waals surface area contributed by atoms with Crippen molar-refractivity contribution < 1.29 is 4.74 Å². The Hall–Kier alpha value is -0.740. The Bertz CT molecular complexity index is 395. The molecule has 0 atom stereocenters. The lowest BCUT2D eigenvalue weighted by Crippen LogP contribution is -2.24. The van der Waals surface area contributed by atoms with E-state index in [1.807, 2.05) is 12.1 Å². The molecule has 0 amide bonds. The Kier molecular flexibility index (Phi) is 3.49. The van der Waals surface area contributed by atoms with Crippen molar-refractivity contribution in [1.29, 1.82) is 0 Å². The number of halogens is 2. The molecule has 15 heavy (non-hydrogen) atoms. The highest BCUT2D eigenvalue weighted by Gasteiger charge is 2.06. The average Bonchev–Trinajstić information content (AvgIpc) is 2.73. The number of benzene rings is 1. The van der Waals surface area contributed by atoms with Crippen LogP contribution in [0.3, 0.4) is 0 Å². The smallest absolute Gasteiger partial charge is 0.145 e. The Morgan fingerprint density at radius 3 is 3.07 bits per heavy atom. The molecular formula is C10H10BrClN2O. The molecule has 1 aromatic rings. The SMILES string of the molecule is Clc1cc(OCC2=NCCN2)ccc1Br. The van der Waals surface area contributed by atoms with Crippen molar-refractivity contribution in [3.8, 4) is 5.75 Å². The minimum atomic E-state index is 0.470. The monoisotopic (exact) mass is 288 g/mol. The third kappa shape index (κ3) is 2.86. The van der Waals surface area contributed by atoms with E-state index >= 15 is 0 Å². The second-order valence-electron chi connectivity index (χ2n) is 3.12. The number of hydrogen-bond donors (Lipinski definition) is 1. The van der Waals surface area contributed by atoms with E-state index in [1.54, 1.807) is 6.07 Å². The Balaban J connectivity index is 1.96. The fraction of sp³-hybridized carbons (Fsp3) is 0.300. The van der Waals surface area contributed by atoms with Crippen LogP contribution in [0.2, 0.25) is 5.02 Å². The highest BCUT2D eigenvalue weighted by molar-refractivity contribution is 9.10. The minimum Gasteiger partial charge on any atom is -0.486 e. The molecule has 80 valence electrons. The van der Waals surface area contributed by atoms with Crippen LogP contribution in [0.5, 0.6) is 5.75 Å². The zero-order valence-electron chi connectivity index (χ0n) is 7.96. The molecule has 1 aliphatic heterocycles. The summed E-state index contributed by atoms with van der Waals surface area (Å²) in [4.78, 5) is 4.23. The number of ether oxygens (including phenoxy) is 1. The molecule has 0 unspecified atom stereocenters. The number of amidine groups is 1. The lowest BCUT2D eigenvalue weighted by atomic mass is 10.3. The second kappa shape index (κ2) is 4.86. The van der Waals surface area contributed by atoms with Crippen molar-refractivity contribution in [3.05, 3.63) is 27.7 Å². The van der Waals surface area contributed by atoms with Crippen molar-refractivity contribution in [2.75, 3.05) is 19.7 Å². The van der Waals surface area contributed by atoms with Gasteiger partial charge in [0.15, 0.2) is 0 Å². The van der Waals surface area contributed by atoms with Crippen LogP contribution in [0.1, 0.15) is 0 Å². The molecule has 0 bridgehead atoms. The van der Waals surface area contributed by atoms with Gasteiger partial charge in [-0.3, -0.25) is 4.99 Å². The maximum Gasteiger partial charge on any atom is 0.145 e. The lowest BCUT2D eigenvalue weighted by Gasteiger charge is -2.07. The second-order valence-corrected chi connectivity index (χ2v) is 4.38. The van der Waals surface area contributed by atoms with Crippen molar-refractivity contribution in [2.45, 2.75) is 0 Å². The molecule has 1 aliphatic rings. The van der Waals surface area contributed by atoms with E-state index in [9.17, 15) is 0 Å². The number of nitrogens with zero attached hydrogens (tertiary/aromatic N) is 1. The van der Waals surface area contributed by atoms with Crippen LogP contribution in [-0.4, -0.2) is 25.5 Å². The summed E-state index contributed by atoms with van der Waals surface area (Å²) >= 11 is 9.26. The van der Waals surface area contributed by atoms with Gasteiger partial charge < -0.3 is 10.1 Å². The first kappa shape index (κ1) is 10.8. The molecule has 5 heteroatoms. The number of aliphatic imine (C=N–C) groups is 1. The normalized spacial score (nSPS) is 14.7. The predicted molar refractivity (Wildman–Crippen MR) is 65.0 cm³/mol. The molecule has 0 radical (unpaired) electrons. The van der Waals surface area contributed by atoms with E-state index in [1.165, 1.54) is 0 Å². The largest absolute Gasteiger partial charge is 0.486 e. The molecule has 0 saturated heterocycles. The summed E-state index contributed by atoms with van der Waals surface area (Å²) in [6.45, 7) is 2.21. The molecule has 0 aromatic heterocycles. The fourth-order valence-electron chi connectivity index (χ4n) is 1.26. The van der Waals surface area contributed by atoms with Gasteiger partial charge in [-0.1, -0.05) is 11.6 Å². The Labute approximate surface area is 102 Å². The summed E-state index contributed by atoms with van der Waals surface area (Å²) in [5.41, 5.74) is 0. The average molecular weight is 290 g/mol. The molecule has 0 aliphatic carbocycles. The van der Waals surface area contributed by atoms with Gasteiger partial charge in [-0.15, -0.1) is 0 Å². The number of nitrogens with one attached hydrogen (secondary N) is 1. The van der Waals surface area contributed by atoms with Crippen molar-refractivity contribution in [1.82, 2.24) is 5.32 Å². The molecule has 0 fully saturated rings. The van der Waals surface area contributed by atoms with Gasteiger partial charge in [0, 0.05) is 11.0 Å². The van der Waals surface area contributed by atoms with Gasteiger partial charge in [-0.25, -0.2) is 0 Å². The molecule has 0 saturated carbocycles. The molecule has 1 N–H and O–H groups in total. The zero-order chi connectivity index (χ0) is 10.7. The van der Waals surface area contributed by atoms with Crippen molar-refractivity contribution >= 4 is 33.4 Å². The van der Waals surface area contributed by atoms with Crippen LogP contribution in [0.4, 0.5) is 0 Å². The topological polar surface area (TPSA) is 33.6 Å². The fourth-order valence-corrected chi connectivity index (χ4v) is 1.68. The standard InChI is InChI=1S/C10H10BrClN2O/c11-8-2-1-7(5-9(8)12)15-6-10-13-3-4-14-10/h1-2,5H,3-4,6H2,(H,13,14). The van der Waals surface area contributed by atoms with E-state index in [0.29, 0.717) is 11.6 Å². The molecular weight excluding hydrogens is 279 g/mol. The Morgan fingerprint density at radius 2 is 2.40 bits per heavy atom. The predicted octanol–water partition coefficient (Wildman–Crippen LogP) is 2.48. The zero-order valence-corrected chi connectivity index (χ0v) is 10.3. The lowest BCUT2D eigenvalue weighted by molar-refractivity contribution is 0.373. The van der Waals surface area contributed by atoms with Crippen molar-refractivity contribution in [3.63, 3.8) is 0 Å². The van der Waals surface area contributed by atoms with Gasteiger partial charge >= 0.3 is 0 Å². The van der Waals surface area contributed by atoms with Gasteiger partial charge in [0.25, 0.3) is 0 Å². The van der Waals surface area contributed by atoms with Gasteiger partial charge in [-0.05, 0) is 34.1 Å². The van der Waals surface area contributed by atoms with Gasteiger partial charge in [0.05, 0.1) is 11.6 Å². The first-order chi connectivity index (χ1) is 7.25. The molecule has 3 nitrogen and oxygen atoms in total. The maximum atomic E-state index is 5.94. The van der Waals surface area contributed by atoms with Crippen LogP contribution in [-0.2, 0) is 0 Å². The molecule has 0 spiro atoms. The quantitative estimate of drug-likeness (QED) is 0.927. The third-order valence-corrected chi connectivity index (χ3v) is 3.24. The summed E-state index contributed by atoms with van der Waals surface area (Å²) in [5.74, 6) is 1.65. The van der Waals surface area contributed by atoms with Crippen LogP contribution in [0.25, 0.3) is 0 Å². The van der Waals surface area contributed by atoms with E-state index in [-0.39, 0.29) is 0 Å². The highest BCUT2D eigenvalue weighted by Crippen LogP contribution is 2.26. The first-order valence-electron chi connectivity index (χ1n) is 4.61. The van der Waals surface area contributed by atoms with Crippen LogP contribution < -0.4 is 10.1 Å². The summed E-state index contributed by atoms with van der Waals surface area (Å²) in [7, 11) is 0. The van der Waals surface area contributed by atoms with E-state index < -0.39 is 0 Å². The van der Waals surface area contributed by atoms with Gasteiger partial charge in [-0.2, -0.15) is 0 Å². The van der Waals surface area contributed by atoms with E-state index in [0.717, 1.165) is 29.1 Å². The highest BCUT2D eigenvalue weighted by atomic mass is 79.9. The Morgan fingerprint density at radius 1 is 1.53 bits per heavy atom. The van der Waals surface area contributed by atoms with Crippen LogP contribution in [0.15, 0.2) is 27.7 Å². The molecule has 1 aromatic carbocycles. The minimum absolute atomic E-state index is 0.470. The summed E-state index contributed by atoms with van der Waals surface area (Å²) in [5, 5.41) is 3.78. The number of rotatable bonds is 3. The third-order valence-electron chi connectivity index (χ3n) is 2.01. The molecule has 2 rings (SSSR count).